The highest BCUT2D eigenvalue weighted by atomic mass is 32.2. The van der Waals surface area contributed by atoms with Crippen LogP contribution in [0.3, 0.4) is 0 Å². The molecule has 5 heteroatoms. The minimum Gasteiger partial charge on any atom is -0.387 e. The van der Waals surface area contributed by atoms with E-state index in [2.05, 4.69) is 5.32 Å². The Morgan fingerprint density at radius 1 is 1.50 bits per heavy atom. The third-order valence-electron chi connectivity index (χ3n) is 4.38. The number of rotatable bonds is 5. The van der Waals surface area contributed by atoms with Gasteiger partial charge in [0.25, 0.3) is 0 Å². The van der Waals surface area contributed by atoms with Gasteiger partial charge < -0.3 is 16.2 Å². The number of nitrogens with one attached hydrogen (secondary N) is 1. The van der Waals surface area contributed by atoms with Gasteiger partial charge in [-0.1, -0.05) is 0 Å². The Bertz CT molecular complexity index is 320. The highest BCUT2D eigenvalue weighted by Gasteiger charge is 2.49. The molecule has 0 aliphatic heterocycles. The number of carbonyl (C=O) groups excluding carboxylic acids is 1. The fraction of sp³-hybridized carbons (Fsp3) is 0.923. The molecule has 0 saturated heterocycles. The van der Waals surface area contributed by atoms with E-state index in [0.717, 1.165) is 12.8 Å². The third-order valence-corrected chi connectivity index (χ3v) is 5.29. The van der Waals surface area contributed by atoms with E-state index in [9.17, 15) is 9.90 Å². The van der Waals surface area contributed by atoms with Crippen molar-refractivity contribution < 1.29 is 9.90 Å². The molecule has 4 nitrogen and oxygen atoms in total. The maximum atomic E-state index is 12.2. The predicted octanol–water partition coefficient (Wildman–Crippen LogP) is 0.590. The van der Waals surface area contributed by atoms with Gasteiger partial charge in [-0.15, -0.1) is 0 Å². The number of fused-ring (bicyclic) bond motifs is 2. The zero-order valence-electron chi connectivity index (χ0n) is 11.2. The average Bonchev–Trinajstić information content (AvgIpc) is 2.86. The number of thioether (sulfide) groups is 1. The predicted molar refractivity (Wildman–Crippen MR) is 74.3 cm³/mol. The summed E-state index contributed by atoms with van der Waals surface area (Å²) in [7, 11) is 0. The van der Waals surface area contributed by atoms with E-state index in [1.54, 1.807) is 18.7 Å². The molecule has 0 aromatic carbocycles. The number of amides is 1. The van der Waals surface area contributed by atoms with Crippen LogP contribution in [0.5, 0.6) is 0 Å². The van der Waals surface area contributed by atoms with Crippen LogP contribution in [0.4, 0.5) is 0 Å². The van der Waals surface area contributed by atoms with Crippen LogP contribution < -0.4 is 11.1 Å². The van der Waals surface area contributed by atoms with Crippen molar-refractivity contribution in [1.82, 2.24) is 5.32 Å². The lowest BCUT2D eigenvalue weighted by Gasteiger charge is -2.29. The summed E-state index contributed by atoms with van der Waals surface area (Å²) in [6.45, 7) is 2.07. The second kappa shape index (κ2) is 5.39. The monoisotopic (exact) mass is 272 g/mol. The van der Waals surface area contributed by atoms with E-state index < -0.39 is 5.60 Å². The minimum absolute atomic E-state index is 0.0225. The number of aliphatic hydroxyl groups is 1. The number of nitrogens with two attached hydrogens (primary N) is 1. The zero-order chi connectivity index (χ0) is 13.3. The third kappa shape index (κ3) is 2.83. The van der Waals surface area contributed by atoms with Gasteiger partial charge in [-0.3, -0.25) is 4.79 Å². The molecule has 2 rings (SSSR count). The molecule has 2 bridgehead atoms. The van der Waals surface area contributed by atoms with Crippen molar-refractivity contribution in [3.63, 3.8) is 0 Å². The molecule has 5 atom stereocenters. The van der Waals surface area contributed by atoms with Crippen LogP contribution in [0, 0.1) is 17.8 Å². The first-order valence-electron chi connectivity index (χ1n) is 6.69. The topological polar surface area (TPSA) is 75.3 Å². The molecule has 0 radical (unpaired) electrons. The Balaban J connectivity index is 1.85. The van der Waals surface area contributed by atoms with Gasteiger partial charge in [0.05, 0.1) is 11.5 Å². The molecule has 18 heavy (non-hydrogen) atoms. The largest absolute Gasteiger partial charge is 0.387 e. The van der Waals surface area contributed by atoms with Gasteiger partial charge in [0, 0.05) is 18.3 Å². The Kier molecular flexibility index (Phi) is 4.24. The van der Waals surface area contributed by atoms with Gasteiger partial charge in [0.1, 0.15) is 0 Å². The van der Waals surface area contributed by atoms with Crippen LogP contribution in [0.1, 0.15) is 26.2 Å². The maximum absolute atomic E-state index is 12.2. The van der Waals surface area contributed by atoms with Crippen molar-refractivity contribution in [1.29, 1.82) is 0 Å². The van der Waals surface area contributed by atoms with Crippen LogP contribution in [-0.2, 0) is 4.79 Å². The number of hydrogen-bond acceptors (Lipinski definition) is 4. The van der Waals surface area contributed by atoms with Crippen LogP contribution in [0.15, 0.2) is 0 Å². The lowest BCUT2D eigenvalue weighted by Crippen LogP contribution is -2.49. The summed E-state index contributed by atoms with van der Waals surface area (Å²) in [4.78, 5) is 12.2. The Morgan fingerprint density at radius 2 is 2.17 bits per heavy atom. The summed E-state index contributed by atoms with van der Waals surface area (Å²) in [6, 6.07) is 0.0225. The molecule has 4 N–H and O–H groups in total. The first-order valence-corrected chi connectivity index (χ1v) is 8.08. The molecule has 0 aromatic rings. The minimum atomic E-state index is -0.837. The standard InChI is InChI=1S/C13H24N2O2S/c1-13(17,7-18-2)6-15-12(16)10-8-3-4-9(5-8)11(10)14/h8-11,17H,3-7,14H2,1-2H3,(H,15,16). The van der Waals surface area contributed by atoms with E-state index in [1.807, 2.05) is 6.26 Å². The van der Waals surface area contributed by atoms with Crippen molar-refractivity contribution in [2.45, 2.75) is 37.8 Å². The van der Waals surface area contributed by atoms with Gasteiger partial charge in [-0.25, -0.2) is 0 Å². The normalized spacial score (nSPS) is 37.6. The van der Waals surface area contributed by atoms with Gasteiger partial charge in [-0.05, 0) is 44.3 Å². The second-order valence-corrected chi connectivity index (χ2v) is 6.95. The second-order valence-electron chi connectivity index (χ2n) is 6.08. The van der Waals surface area contributed by atoms with Crippen LogP contribution >= 0.6 is 11.8 Å². The summed E-state index contributed by atoms with van der Waals surface area (Å²) in [6.07, 6.45) is 5.38. The van der Waals surface area contributed by atoms with Gasteiger partial charge in [0.15, 0.2) is 0 Å². The Hall–Kier alpha value is -0.260. The van der Waals surface area contributed by atoms with Gasteiger partial charge >= 0.3 is 0 Å². The van der Waals surface area contributed by atoms with E-state index in [4.69, 9.17) is 5.73 Å². The molecular weight excluding hydrogens is 248 g/mol. The Morgan fingerprint density at radius 3 is 2.72 bits per heavy atom. The molecule has 2 saturated carbocycles. The van der Waals surface area contributed by atoms with Crippen molar-refractivity contribution in [3.05, 3.63) is 0 Å². The fourth-order valence-electron chi connectivity index (χ4n) is 3.48. The van der Waals surface area contributed by atoms with E-state index in [-0.39, 0.29) is 17.9 Å². The quantitative estimate of drug-likeness (QED) is 0.685. The first kappa shape index (κ1) is 14.2. The van der Waals surface area contributed by atoms with Crippen LogP contribution in [-0.4, -0.2) is 41.2 Å². The molecule has 2 aliphatic carbocycles. The highest BCUT2D eigenvalue weighted by Crippen LogP contribution is 2.47. The lowest BCUT2D eigenvalue weighted by atomic mass is 9.84. The van der Waals surface area contributed by atoms with Crippen molar-refractivity contribution in [2.24, 2.45) is 23.5 Å². The Labute approximate surface area is 113 Å². The summed E-state index contributed by atoms with van der Waals surface area (Å²) in [5.74, 6) is 1.63. The average molecular weight is 272 g/mol. The summed E-state index contributed by atoms with van der Waals surface area (Å²) < 4.78 is 0. The molecule has 2 fully saturated rings. The van der Waals surface area contributed by atoms with Crippen molar-refractivity contribution in [2.75, 3.05) is 18.6 Å². The fourth-order valence-corrected chi connectivity index (χ4v) is 4.21. The summed E-state index contributed by atoms with van der Waals surface area (Å²) in [5, 5.41) is 12.9. The summed E-state index contributed by atoms with van der Waals surface area (Å²) >= 11 is 1.58. The van der Waals surface area contributed by atoms with Crippen LogP contribution in [0.25, 0.3) is 0 Å². The van der Waals surface area contributed by atoms with E-state index in [1.165, 1.54) is 6.42 Å². The maximum Gasteiger partial charge on any atom is 0.225 e. The molecule has 1 amide bonds. The van der Waals surface area contributed by atoms with Gasteiger partial charge in [-0.2, -0.15) is 11.8 Å². The van der Waals surface area contributed by atoms with Crippen molar-refractivity contribution in [3.8, 4) is 0 Å². The van der Waals surface area contributed by atoms with Crippen LogP contribution in [0.2, 0.25) is 0 Å². The lowest BCUT2D eigenvalue weighted by molar-refractivity contribution is -0.128. The summed E-state index contributed by atoms with van der Waals surface area (Å²) in [5.41, 5.74) is 5.30. The molecule has 0 aromatic heterocycles. The number of carbonyl (C=O) groups is 1. The zero-order valence-corrected chi connectivity index (χ0v) is 12.0. The molecule has 0 heterocycles. The molecule has 104 valence electrons. The molecule has 2 aliphatic rings. The number of hydrogen-bond donors (Lipinski definition) is 3. The van der Waals surface area contributed by atoms with Gasteiger partial charge in [0.2, 0.25) is 5.91 Å². The van der Waals surface area contributed by atoms with E-state index in [0.29, 0.717) is 24.1 Å². The van der Waals surface area contributed by atoms with E-state index >= 15 is 0 Å². The molecule has 0 spiro atoms. The highest BCUT2D eigenvalue weighted by molar-refractivity contribution is 7.98. The molecule has 5 unspecified atom stereocenters. The SMILES string of the molecule is CSCC(C)(O)CNC(=O)C1C2CCC(C2)C1N. The molecular formula is C13H24N2O2S. The first-order chi connectivity index (χ1) is 8.44. The van der Waals surface area contributed by atoms with Crippen molar-refractivity contribution >= 4 is 17.7 Å². The smallest absolute Gasteiger partial charge is 0.225 e.